The number of ether oxygens (including phenoxy) is 1. The van der Waals surface area contributed by atoms with Crippen molar-refractivity contribution in [3.63, 3.8) is 0 Å². The van der Waals surface area contributed by atoms with Crippen LogP contribution < -0.4 is 5.73 Å². The number of anilines is 1. The SMILES string of the molecule is Cc1nc(N)c2cnn(C3CCN(C(=O)OC(C)(C)C)C3)c2n1. The lowest BCUT2D eigenvalue weighted by molar-refractivity contribution is 0.0288. The lowest BCUT2D eigenvalue weighted by atomic mass is 10.2. The Bertz CT molecular complexity index is 748. The number of likely N-dealkylation sites (tertiary alicyclic amines) is 1. The smallest absolute Gasteiger partial charge is 0.410 e. The average Bonchev–Trinajstić information content (AvgIpc) is 3.01. The summed E-state index contributed by atoms with van der Waals surface area (Å²) < 4.78 is 7.26. The summed E-state index contributed by atoms with van der Waals surface area (Å²) in [4.78, 5) is 22.5. The monoisotopic (exact) mass is 318 g/mol. The minimum absolute atomic E-state index is 0.0636. The molecular weight excluding hydrogens is 296 g/mol. The number of nitrogens with zero attached hydrogens (tertiary/aromatic N) is 5. The van der Waals surface area contributed by atoms with E-state index in [0.29, 0.717) is 30.4 Å². The number of carbonyl (C=O) groups is 1. The van der Waals surface area contributed by atoms with Gasteiger partial charge < -0.3 is 15.4 Å². The van der Waals surface area contributed by atoms with Gasteiger partial charge in [-0.3, -0.25) is 0 Å². The maximum atomic E-state index is 12.2. The molecule has 2 N–H and O–H groups in total. The number of aryl methyl sites for hydroxylation is 1. The van der Waals surface area contributed by atoms with Crippen molar-refractivity contribution in [3.8, 4) is 0 Å². The predicted molar refractivity (Wildman–Crippen MR) is 85.9 cm³/mol. The fourth-order valence-electron chi connectivity index (χ4n) is 2.76. The molecule has 0 saturated carbocycles. The van der Waals surface area contributed by atoms with Crippen LogP contribution in [0.3, 0.4) is 0 Å². The van der Waals surface area contributed by atoms with Gasteiger partial charge in [0.05, 0.1) is 17.6 Å². The highest BCUT2D eigenvalue weighted by molar-refractivity contribution is 5.85. The first-order valence-corrected chi connectivity index (χ1v) is 7.70. The van der Waals surface area contributed by atoms with Crippen LogP contribution in [-0.2, 0) is 4.74 Å². The number of fused-ring (bicyclic) bond motifs is 1. The molecule has 3 rings (SSSR count). The number of carbonyl (C=O) groups excluding carboxylic acids is 1. The van der Waals surface area contributed by atoms with Crippen molar-refractivity contribution in [2.75, 3.05) is 18.8 Å². The van der Waals surface area contributed by atoms with Gasteiger partial charge in [-0.25, -0.2) is 19.4 Å². The Morgan fingerprint density at radius 1 is 1.39 bits per heavy atom. The Hall–Kier alpha value is -2.38. The van der Waals surface area contributed by atoms with Crippen molar-refractivity contribution in [1.82, 2.24) is 24.6 Å². The molecule has 8 heteroatoms. The first-order chi connectivity index (χ1) is 10.7. The summed E-state index contributed by atoms with van der Waals surface area (Å²) >= 11 is 0. The van der Waals surface area contributed by atoms with Crippen LogP contribution in [0.4, 0.5) is 10.6 Å². The molecule has 0 bridgehead atoms. The zero-order valence-corrected chi connectivity index (χ0v) is 13.9. The fraction of sp³-hybridized carbons (Fsp3) is 0.600. The average molecular weight is 318 g/mol. The van der Waals surface area contributed by atoms with Crippen molar-refractivity contribution < 1.29 is 9.53 Å². The van der Waals surface area contributed by atoms with Gasteiger partial charge in [0.2, 0.25) is 0 Å². The van der Waals surface area contributed by atoms with Gasteiger partial charge in [0, 0.05) is 13.1 Å². The molecule has 124 valence electrons. The van der Waals surface area contributed by atoms with Crippen LogP contribution in [-0.4, -0.2) is 49.4 Å². The normalized spacial score (nSPS) is 18.6. The van der Waals surface area contributed by atoms with Crippen molar-refractivity contribution in [3.05, 3.63) is 12.0 Å². The lowest BCUT2D eigenvalue weighted by Gasteiger charge is -2.24. The third-order valence-corrected chi connectivity index (χ3v) is 3.76. The second kappa shape index (κ2) is 5.36. The zero-order valence-electron chi connectivity index (χ0n) is 13.9. The first-order valence-electron chi connectivity index (χ1n) is 7.70. The molecule has 1 atom stereocenters. The van der Waals surface area contributed by atoms with Crippen LogP contribution in [0.25, 0.3) is 11.0 Å². The Labute approximate surface area is 134 Å². The molecule has 0 radical (unpaired) electrons. The number of hydrogen-bond donors (Lipinski definition) is 1. The molecule has 0 spiro atoms. The van der Waals surface area contributed by atoms with E-state index in [0.717, 1.165) is 11.8 Å². The quantitative estimate of drug-likeness (QED) is 0.862. The number of nitrogen functional groups attached to an aromatic ring is 1. The van der Waals surface area contributed by atoms with Gasteiger partial charge in [-0.2, -0.15) is 5.10 Å². The van der Waals surface area contributed by atoms with Crippen LogP contribution in [0.5, 0.6) is 0 Å². The summed E-state index contributed by atoms with van der Waals surface area (Å²) in [5, 5.41) is 5.14. The summed E-state index contributed by atoms with van der Waals surface area (Å²) in [6, 6.07) is 0.0636. The second-order valence-corrected chi connectivity index (χ2v) is 6.85. The molecule has 1 saturated heterocycles. The van der Waals surface area contributed by atoms with E-state index in [-0.39, 0.29) is 12.1 Å². The number of nitrogens with two attached hydrogens (primary N) is 1. The highest BCUT2D eigenvalue weighted by Gasteiger charge is 2.32. The van der Waals surface area contributed by atoms with E-state index >= 15 is 0 Å². The molecule has 1 fully saturated rings. The predicted octanol–water partition coefficient (Wildman–Crippen LogP) is 1.90. The van der Waals surface area contributed by atoms with Gasteiger partial charge in [-0.05, 0) is 34.1 Å². The molecule has 2 aromatic heterocycles. The van der Waals surface area contributed by atoms with E-state index in [1.165, 1.54) is 0 Å². The van der Waals surface area contributed by atoms with Gasteiger partial charge in [0.15, 0.2) is 5.65 Å². The molecule has 23 heavy (non-hydrogen) atoms. The third-order valence-electron chi connectivity index (χ3n) is 3.76. The van der Waals surface area contributed by atoms with Crippen LogP contribution in [0.15, 0.2) is 6.20 Å². The van der Waals surface area contributed by atoms with E-state index in [9.17, 15) is 4.79 Å². The minimum atomic E-state index is -0.494. The van der Waals surface area contributed by atoms with Gasteiger partial charge in [0.25, 0.3) is 0 Å². The van der Waals surface area contributed by atoms with Crippen molar-refractivity contribution >= 4 is 22.9 Å². The van der Waals surface area contributed by atoms with Crippen molar-refractivity contribution in [2.24, 2.45) is 0 Å². The highest BCUT2D eigenvalue weighted by Crippen LogP contribution is 2.27. The second-order valence-electron chi connectivity index (χ2n) is 6.85. The molecule has 3 heterocycles. The van der Waals surface area contributed by atoms with E-state index in [1.54, 1.807) is 18.0 Å². The number of amides is 1. The Morgan fingerprint density at radius 2 is 2.13 bits per heavy atom. The highest BCUT2D eigenvalue weighted by atomic mass is 16.6. The summed E-state index contributed by atoms with van der Waals surface area (Å²) in [7, 11) is 0. The molecule has 1 unspecified atom stereocenters. The van der Waals surface area contributed by atoms with E-state index < -0.39 is 5.60 Å². The molecule has 1 amide bonds. The van der Waals surface area contributed by atoms with Gasteiger partial charge in [0.1, 0.15) is 17.2 Å². The van der Waals surface area contributed by atoms with Crippen molar-refractivity contribution in [2.45, 2.75) is 45.8 Å². The van der Waals surface area contributed by atoms with Crippen LogP contribution in [0.1, 0.15) is 39.1 Å². The summed E-state index contributed by atoms with van der Waals surface area (Å²) in [6.45, 7) is 8.58. The zero-order chi connectivity index (χ0) is 16.8. The van der Waals surface area contributed by atoms with Crippen LogP contribution >= 0.6 is 0 Å². The molecule has 2 aromatic rings. The van der Waals surface area contributed by atoms with Crippen molar-refractivity contribution in [1.29, 1.82) is 0 Å². The van der Waals surface area contributed by atoms with Gasteiger partial charge >= 0.3 is 6.09 Å². The maximum Gasteiger partial charge on any atom is 0.410 e. The standard InChI is InChI=1S/C15H22N6O2/c1-9-18-12(16)11-7-17-21(13(11)19-9)10-5-6-20(8-10)14(22)23-15(2,3)4/h7,10H,5-6,8H2,1-4H3,(H2,16,18,19). The number of hydrogen-bond acceptors (Lipinski definition) is 6. The topological polar surface area (TPSA) is 99.2 Å². The van der Waals surface area contributed by atoms with E-state index in [4.69, 9.17) is 10.5 Å². The molecule has 0 aliphatic carbocycles. The Morgan fingerprint density at radius 3 is 2.83 bits per heavy atom. The molecule has 8 nitrogen and oxygen atoms in total. The molecular formula is C15H22N6O2. The van der Waals surface area contributed by atoms with E-state index in [2.05, 4.69) is 15.1 Å². The largest absolute Gasteiger partial charge is 0.444 e. The Balaban J connectivity index is 1.81. The van der Waals surface area contributed by atoms with Crippen LogP contribution in [0.2, 0.25) is 0 Å². The first kappa shape index (κ1) is 15.5. The summed E-state index contributed by atoms with van der Waals surface area (Å²) in [5.41, 5.74) is 6.15. The van der Waals surface area contributed by atoms with Gasteiger partial charge in [-0.1, -0.05) is 0 Å². The number of aromatic nitrogens is 4. The van der Waals surface area contributed by atoms with Gasteiger partial charge in [-0.15, -0.1) is 0 Å². The molecule has 1 aliphatic rings. The minimum Gasteiger partial charge on any atom is -0.444 e. The van der Waals surface area contributed by atoms with E-state index in [1.807, 2.05) is 25.5 Å². The van der Waals surface area contributed by atoms with Crippen LogP contribution in [0, 0.1) is 6.92 Å². The summed E-state index contributed by atoms with van der Waals surface area (Å²) in [6.07, 6.45) is 2.20. The third kappa shape index (κ3) is 3.06. The number of rotatable bonds is 1. The molecule has 1 aliphatic heterocycles. The Kier molecular flexibility index (Phi) is 3.62. The lowest BCUT2D eigenvalue weighted by Crippen LogP contribution is -2.35. The maximum absolute atomic E-state index is 12.2. The summed E-state index contributed by atoms with van der Waals surface area (Å²) in [5.74, 6) is 1.04. The fourth-order valence-corrected chi connectivity index (χ4v) is 2.76. The molecule has 0 aromatic carbocycles.